The lowest BCUT2D eigenvalue weighted by molar-refractivity contribution is 0.102. The summed E-state index contributed by atoms with van der Waals surface area (Å²) in [5, 5.41) is 12.7. The predicted molar refractivity (Wildman–Crippen MR) is 104 cm³/mol. The molecule has 8 heteroatoms. The molecular weight excluding hydrogens is 358 g/mol. The second kappa shape index (κ2) is 8.78. The van der Waals surface area contributed by atoms with E-state index in [9.17, 15) is 4.79 Å². The van der Waals surface area contributed by atoms with Crippen molar-refractivity contribution in [1.82, 2.24) is 20.1 Å². The fourth-order valence-corrected chi connectivity index (χ4v) is 3.82. The molecule has 1 atom stereocenters. The summed E-state index contributed by atoms with van der Waals surface area (Å²) in [4.78, 5) is 17.1. The molecule has 1 aliphatic heterocycles. The van der Waals surface area contributed by atoms with E-state index in [0.717, 1.165) is 48.1 Å². The van der Waals surface area contributed by atoms with Crippen molar-refractivity contribution in [2.24, 2.45) is 5.92 Å². The number of carbonyl (C=O) groups is 1. The molecule has 2 aromatic rings. The molecule has 1 unspecified atom stereocenters. The summed E-state index contributed by atoms with van der Waals surface area (Å²) < 4.78 is 1.91. The van der Waals surface area contributed by atoms with Gasteiger partial charge in [0, 0.05) is 12.7 Å². The minimum absolute atomic E-state index is 0. The molecule has 3 heterocycles. The highest BCUT2D eigenvalue weighted by molar-refractivity contribution is 7.16. The molecule has 138 valence electrons. The maximum Gasteiger partial charge on any atom is 0.276 e. The van der Waals surface area contributed by atoms with E-state index in [2.05, 4.69) is 34.6 Å². The Balaban J connectivity index is 0.00000225. The maximum atomic E-state index is 12.5. The van der Waals surface area contributed by atoms with Crippen LogP contribution in [0.5, 0.6) is 0 Å². The summed E-state index contributed by atoms with van der Waals surface area (Å²) in [5.74, 6) is 0.339. The van der Waals surface area contributed by atoms with E-state index in [1.54, 1.807) is 6.07 Å². The summed E-state index contributed by atoms with van der Waals surface area (Å²) in [5.41, 5.74) is 1.43. The minimum Gasteiger partial charge on any atom is -0.315 e. The van der Waals surface area contributed by atoms with Crippen LogP contribution in [-0.2, 0) is 6.42 Å². The quantitative estimate of drug-likeness (QED) is 0.829. The van der Waals surface area contributed by atoms with Gasteiger partial charge in [-0.25, -0.2) is 4.98 Å². The van der Waals surface area contributed by atoms with Crippen molar-refractivity contribution in [3.63, 3.8) is 0 Å². The topological polar surface area (TPSA) is 71.8 Å². The third-order valence-corrected chi connectivity index (χ3v) is 5.05. The number of hydrogen-bond donors (Lipinski definition) is 2. The fraction of sp³-hybridized carbons (Fsp3) is 0.588. The first-order valence-electron chi connectivity index (χ1n) is 8.56. The van der Waals surface area contributed by atoms with Gasteiger partial charge in [0.1, 0.15) is 5.00 Å². The van der Waals surface area contributed by atoms with E-state index in [4.69, 9.17) is 0 Å². The van der Waals surface area contributed by atoms with Gasteiger partial charge in [-0.3, -0.25) is 9.48 Å². The Hall–Kier alpha value is -1.44. The van der Waals surface area contributed by atoms with Crippen LogP contribution in [0.15, 0.2) is 12.3 Å². The van der Waals surface area contributed by atoms with Crippen LogP contribution in [0.3, 0.4) is 0 Å². The average molecular weight is 384 g/mol. The molecule has 0 aromatic carbocycles. The molecule has 0 radical (unpaired) electrons. The molecule has 1 aliphatic rings. The first-order chi connectivity index (χ1) is 11.5. The van der Waals surface area contributed by atoms with Gasteiger partial charge >= 0.3 is 0 Å². The van der Waals surface area contributed by atoms with Crippen LogP contribution >= 0.6 is 23.7 Å². The van der Waals surface area contributed by atoms with Crippen molar-refractivity contribution in [2.45, 2.75) is 46.1 Å². The van der Waals surface area contributed by atoms with Gasteiger partial charge in [-0.2, -0.15) is 5.10 Å². The third-order valence-electron chi connectivity index (χ3n) is 4.12. The molecule has 0 aliphatic carbocycles. The van der Waals surface area contributed by atoms with Crippen molar-refractivity contribution in [2.75, 3.05) is 18.4 Å². The number of nitrogens with zero attached hydrogens (tertiary/aromatic N) is 3. The molecule has 0 spiro atoms. The molecule has 2 aromatic heterocycles. The van der Waals surface area contributed by atoms with Crippen LogP contribution in [0.25, 0.3) is 0 Å². The monoisotopic (exact) mass is 383 g/mol. The third kappa shape index (κ3) is 5.03. The van der Waals surface area contributed by atoms with Crippen LogP contribution in [0.1, 0.15) is 53.9 Å². The number of anilines is 1. The standard InChI is InChI=1S/C17H25N5OS.ClH/c1-11(2)9-15-17(24-12(3)19-15)20-16(23)14-6-8-22(21-14)13-5-4-7-18-10-13;/h6,8,11,13,18H,4-5,7,9-10H2,1-3H3,(H,20,23);1H. The Labute approximate surface area is 158 Å². The molecule has 0 bridgehead atoms. The normalized spacial score (nSPS) is 17.4. The van der Waals surface area contributed by atoms with Crippen LogP contribution in [0.2, 0.25) is 0 Å². The number of carbonyl (C=O) groups excluding carboxylic acids is 1. The number of rotatable bonds is 5. The van der Waals surface area contributed by atoms with Gasteiger partial charge < -0.3 is 10.6 Å². The Bertz CT molecular complexity index is 706. The number of piperidine rings is 1. The summed E-state index contributed by atoms with van der Waals surface area (Å²) in [6.45, 7) is 8.25. The van der Waals surface area contributed by atoms with Crippen LogP contribution in [0.4, 0.5) is 5.00 Å². The van der Waals surface area contributed by atoms with E-state index in [0.29, 0.717) is 17.7 Å². The van der Waals surface area contributed by atoms with Crippen molar-refractivity contribution < 1.29 is 4.79 Å². The fourth-order valence-electron chi connectivity index (χ4n) is 2.98. The first-order valence-corrected chi connectivity index (χ1v) is 9.38. The molecular formula is C17H26ClN5OS. The maximum absolute atomic E-state index is 12.5. The number of nitrogens with one attached hydrogen (secondary N) is 2. The average Bonchev–Trinajstić information content (AvgIpc) is 3.15. The zero-order chi connectivity index (χ0) is 17.1. The lowest BCUT2D eigenvalue weighted by Gasteiger charge is -2.22. The van der Waals surface area contributed by atoms with Crippen molar-refractivity contribution in [3.05, 3.63) is 28.7 Å². The second-order valence-electron chi connectivity index (χ2n) is 6.74. The molecule has 0 saturated carbocycles. The van der Waals surface area contributed by atoms with Gasteiger partial charge in [-0.1, -0.05) is 13.8 Å². The number of hydrogen-bond acceptors (Lipinski definition) is 5. The summed E-state index contributed by atoms with van der Waals surface area (Å²) in [6.07, 6.45) is 5.01. The van der Waals surface area contributed by atoms with Crippen LogP contribution in [0, 0.1) is 12.8 Å². The molecule has 3 rings (SSSR count). The number of aromatic nitrogens is 3. The molecule has 1 saturated heterocycles. The molecule has 6 nitrogen and oxygen atoms in total. The van der Waals surface area contributed by atoms with E-state index in [-0.39, 0.29) is 18.3 Å². The molecule has 1 fully saturated rings. The van der Waals surface area contributed by atoms with E-state index in [1.165, 1.54) is 11.3 Å². The molecule has 2 N–H and O–H groups in total. The Morgan fingerprint density at radius 3 is 3.00 bits per heavy atom. The van der Waals surface area contributed by atoms with Gasteiger partial charge in [0.15, 0.2) is 5.69 Å². The van der Waals surface area contributed by atoms with E-state index < -0.39 is 0 Å². The predicted octanol–water partition coefficient (Wildman–Crippen LogP) is 3.45. The van der Waals surface area contributed by atoms with Gasteiger partial charge in [0.25, 0.3) is 5.91 Å². The van der Waals surface area contributed by atoms with Crippen molar-refractivity contribution in [3.8, 4) is 0 Å². The van der Waals surface area contributed by atoms with E-state index >= 15 is 0 Å². The first kappa shape index (κ1) is 19.9. The molecule has 25 heavy (non-hydrogen) atoms. The van der Waals surface area contributed by atoms with Crippen LogP contribution < -0.4 is 10.6 Å². The minimum atomic E-state index is -0.161. The lowest BCUT2D eigenvalue weighted by Crippen LogP contribution is -2.32. The Morgan fingerprint density at radius 1 is 1.52 bits per heavy atom. The number of halogens is 1. The number of amides is 1. The van der Waals surface area contributed by atoms with Gasteiger partial charge in [0.2, 0.25) is 0 Å². The van der Waals surface area contributed by atoms with Gasteiger partial charge in [-0.05, 0) is 44.7 Å². The lowest BCUT2D eigenvalue weighted by atomic mass is 10.1. The number of thiazole rings is 1. The van der Waals surface area contributed by atoms with Crippen molar-refractivity contribution in [1.29, 1.82) is 0 Å². The van der Waals surface area contributed by atoms with Crippen LogP contribution in [-0.4, -0.2) is 33.8 Å². The highest BCUT2D eigenvalue weighted by atomic mass is 35.5. The van der Waals surface area contributed by atoms with Crippen molar-refractivity contribution >= 4 is 34.7 Å². The zero-order valence-corrected chi connectivity index (χ0v) is 16.5. The largest absolute Gasteiger partial charge is 0.315 e. The smallest absolute Gasteiger partial charge is 0.276 e. The van der Waals surface area contributed by atoms with E-state index in [1.807, 2.05) is 17.8 Å². The summed E-state index contributed by atoms with van der Waals surface area (Å²) in [6, 6.07) is 2.13. The Kier molecular flexibility index (Phi) is 6.98. The highest BCUT2D eigenvalue weighted by Gasteiger charge is 2.19. The molecule has 1 amide bonds. The zero-order valence-electron chi connectivity index (χ0n) is 14.9. The van der Waals surface area contributed by atoms with Gasteiger partial charge in [0.05, 0.1) is 16.7 Å². The second-order valence-corrected chi connectivity index (χ2v) is 7.95. The Morgan fingerprint density at radius 2 is 2.32 bits per heavy atom. The summed E-state index contributed by atoms with van der Waals surface area (Å²) in [7, 11) is 0. The summed E-state index contributed by atoms with van der Waals surface area (Å²) >= 11 is 1.53. The van der Waals surface area contributed by atoms with Gasteiger partial charge in [-0.15, -0.1) is 23.7 Å². The number of aryl methyl sites for hydroxylation is 1. The SMILES string of the molecule is Cc1nc(CC(C)C)c(NC(=O)c2ccn(C3CCCNC3)n2)s1.Cl. The highest BCUT2D eigenvalue weighted by Crippen LogP contribution is 2.27.